The molecule has 0 radical (unpaired) electrons. The molecule has 2 rings (SSSR count). The molecule has 2 N–H and O–H groups in total. The van der Waals surface area contributed by atoms with Gasteiger partial charge in [-0.3, -0.25) is 0 Å². The van der Waals surface area contributed by atoms with Crippen LogP contribution in [-0.2, 0) is 5.54 Å². The van der Waals surface area contributed by atoms with E-state index in [1.54, 1.807) is 5.38 Å². The Bertz CT molecular complexity index is 289. The van der Waals surface area contributed by atoms with Gasteiger partial charge in [0.15, 0.2) is 5.13 Å². The summed E-state index contributed by atoms with van der Waals surface area (Å²) in [5.41, 5.74) is 6.55. The second kappa shape index (κ2) is 3.39. The van der Waals surface area contributed by atoms with Crippen molar-refractivity contribution in [3.63, 3.8) is 0 Å². The molecule has 1 nitrogen and oxygen atoms in total. The molecule has 0 amide bonds. The van der Waals surface area contributed by atoms with E-state index in [9.17, 15) is 4.39 Å². The molecule has 1 aromatic rings. The van der Waals surface area contributed by atoms with Crippen molar-refractivity contribution >= 4 is 11.3 Å². The van der Waals surface area contributed by atoms with Gasteiger partial charge in [0.1, 0.15) is 0 Å². The second-order valence-corrected chi connectivity index (χ2v) is 4.69. The van der Waals surface area contributed by atoms with Crippen LogP contribution in [0.4, 0.5) is 4.39 Å². The molecule has 0 atom stereocenters. The minimum Gasteiger partial charge on any atom is -0.321 e. The van der Waals surface area contributed by atoms with Crippen molar-refractivity contribution in [3.8, 4) is 0 Å². The van der Waals surface area contributed by atoms with Gasteiger partial charge in [0.25, 0.3) is 0 Å². The predicted octanol–water partition coefficient (Wildman–Crippen LogP) is 3.01. The minimum atomic E-state index is -0.373. The lowest BCUT2D eigenvalue weighted by atomic mass is 9.78. The van der Waals surface area contributed by atoms with E-state index < -0.39 is 0 Å². The normalized spacial score (nSPS) is 21.7. The Kier molecular flexibility index (Phi) is 2.39. The van der Waals surface area contributed by atoms with Crippen LogP contribution in [0.2, 0.25) is 0 Å². The summed E-state index contributed by atoms with van der Waals surface area (Å²) >= 11 is 1.15. The highest BCUT2D eigenvalue weighted by atomic mass is 32.1. The molecule has 1 saturated carbocycles. The van der Waals surface area contributed by atoms with Gasteiger partial charge in [0, 0.05) is 11.1 Å². The van der Waals surface area contributed by atoms with Gasteiger partial charge in [0.05, 0.1) is 0 Å². The van der Waals surface area contributed by atoms with Crippen LogP contribution in [0, 0.1) is 5.13 Å². The quantitative estimate of drug-likeness (QED) is 0.739. The first kappa shape index (κ1) is 9.16. The highest BCUT2D eigenvalue weighted by Gasteiger charge is 2.32. The molecule has 1 heterocycles. The maximum absolute atomic E-state index is 13.3. The van der Waals surface area contributed by atoms with Gasteiger partial charge in [-0.1, -0.05) is 19.3 Å². The molecule has 1 aromatic heterocycles. The van der Waals surface area contributed by atoms with E-state index >= 15 is 0 Å². The molecule has 0 spiro atoms. The average Bonchev–Trinajstić information content (AvgIpc) is 2.53. The lowest BCUT2D eigenvalue weighted by Crippen LogP contribution is -2.38. The highest BCUT2D eigenvalue weighted by molar-refractivity contribution is 7.08. The van der Waals surface area contributed by atoms with Gasteiger partial charge >= 0.3 is 0 Å². The fraction of sp³-hybridized carbons (Fsp3) is 0.600. The van der Waals surface area contributed by atoms with Crippen LogP contribution in [0.3, 0.4) is 0 Å². The van der Waals surface area contributed by atoms with E-state index in [1.807, 2.05) is 6.07 Å². The predicted molar refractivity (Wildman–Crippen MR) is 53.2 cm³/mol. The topological polar surface area (TPSA) is 26.0 Å². The van der Waals surface area contributed by atoms with Crippen molar-refractivity contribution in [2.24, 2.45) is 5.73 Å². The molecule has 0 bridgehead atoms. The summed E-state index contributed by atoms with van der Waals surface area (Å²) in [5, 5.41) is 1.69. The van der Waals surface area contributed by atoms with Crippen LogP contribution in [0.15, 0.2) is 11.4 Å². The smallest absolute Gasteiger partial charge is 0.181 e. The zero-order chi connectivity index (χ0) is 9.31. The minimum absolute atomic E-state index is 0.0931. The average molecular weight is 199 g/mol. The number of rotatable bonds is 1. The van der Waals surface area contributed by atoms with E-state index in [0.29, 0.717) is 0 Å². The second-order valence-electron chi connectivity index (χ2n) is 3.82. The Morgan fingerprint density at radius 2 is 2.00 bits per heavy atom. The Morgan fingerprint density at radius 3 is 2.54 bits per heavy atom. The number of hydrogen-bond donors (Lipinski definition) is 1. The van der Waals surface area contributed by atoms with Crippen LogP contribution < -0.4 is 5.73 Å². The van der Waals surface area contributed by atoms with E-state index in [4.69, 9.17) is 5.73 Å². The number of thiophene rings is 1. The molecular weight excluding hydrogens is 185 g/mol. The third-order valence-corrected chi connectivity index (χ3v) is 3.60. The molecule has 0 saturated heterocycles. The molecule has 0 aromatic carbocycles. The van der Waals surface area contributed by atoms with E-state index in [1.165, 1.54) is 6.42 Å². The van der Waals surface area contributed by atoms with Crippen molar-refractivity contribution in [2.75, 3.05) is 0 Å². The largest absolute Gasteiger partial charge is 0.321 e. The maximum Gasteiger partial charge on any atom is 0.181 e. The monoisotopic (exact) mass is 199 g/mol. The number of nitrogens with two attached hydrogens (primary N) is 1. The third-order valence-electron chi connectivity index (χ3n) is 2.90. The molecule has 72 valence electrons. The van der Waals surface area contributed by atoms with E-state index in [0.717, 1.165) is 42.6 Å². The Hall–Kier alpha value is -0.410. The van der Waals surface area contributed by atoms with Crippen molar-refractivity contribution in [2.45, 2.75) is 37.6 Å². The summed E-state index contributed by atoms with van der Waals surface area (Å²) in [4.78, 5) is 0. The van der Waals surface area contributed by atoms with Crippen LogP contribution in [0.5, 0.6) is 0 Å². The van der Waals surface area contributed by atoms with Crippen molar-refractivity contribution < 1.29 is 4.39 Å². The van der Waals surface area contributed by atoms with E-state index in [2.05, 4.69) is 0 Å². The van der Waals surface area contributed by atoms with Gasteiger partial charge < -0.3 is 5.73 Å². The number of hydrogen-bond acceptors (Lipinski definition) is 2. The first-order valence-electron chi connectivity index (χ1n) is 4.75. The zero-order valence-electron chi connectivity index (χ0n) is 7.55. The summed E-state index contributed by atoms with van der Waals surface area (Å²) in [6.45, 7) is 0. The lowest BCUT2D eigenvalue weighted by molar-refractivity contribution is 0.295. The summed E-state index contributed by atoms with van der Waals surface area (Å²) < 4.78 is 13.3. The summed E-state index contributed by atoms with van der Waals surface area (Å²) in [7, 11) is 0. The highest BCUT2D eigenvalue weighted by Crippen LogP contribution is 2.37. The lowest BCUT2D eigenvalue weighted by Gasteiger charge is -2.32. The maximum atomic E-state index is 13.3. The van der Waals surface area contributed by atoms with Crippen molar-refractivity contribution in [1.29, 1.82) is 0 Å². The third kappa shape index (κ3) is 1.63. The van der Waals surface area contributed by atoms with Crippen LogP contribution >= 0.6 is 11.3 Å². The van der Waals surface area contributed by atoms with Crippen molar-refractivity contribution in [3.05, 3.63) is 22.1 Å². The first-order chi connectivity index (χ1) is 6.22. The Balaban J connectivity index is 2.27. The SMILES string of the molecule is NC1(c2ccsc2F)CCCCC1. The number of halogens is 1. The summed E-state index contributed by atoms with van der Waals surface area (Å²) in [6.07, 6.45) is 5.36. The van der Waals surface area contributed by atoms with Gasteiger partial charge in [-0.25, -0.2) is 0 Å². The van der Waals surface area contributed by atoms with Gasteiger partial charge in [-0.2, -0.15) is 4.39 Å². The molecule has 0 aliphatic heterocycles. The molecular formula is C10H14FNS. The molecule has 3 heteroatoms. The Morgan fingerprint density at radius 1 is 1.31 bits per heavy atom. The first-order valence-corrected chi connectivity index (χ1v) is 5.63. The standard InChI is InChI=1S/C10H14FNS/c11-9-8(4-7-13-9)10(12)5-2-1-3-6-10/h4,7H,1-3,5-6,12H2. The van der Waals surface area contributed by atoms with Crippen LogP contribution in [0.25, 0.3) is 0 Å². The van der Waals surface area contributed by atoms with Crippen molar-refractivity contribution in [1.82, 2.24) is 0 Å². The van der Waals surface area contributed by atoms with Gasteiger partial charge in [0.2, 0.25) is 0 Å². The molecule has 13 heavy (non-hydrogen) atoms. The Labute approximate surface area is 81.8 Å². The van der Waals surface area contributed by atoms with Gasteiger partial charge in [-0.05, 0) is 24.3 Å². The summed E-state index contributed by atoms with van der Waals surface area (Å²) in [6, 6.07) is 1.84. The molecule has 1 aliphatic carbocycles. The fourth-order valence-electron chi connectivity index (χ4n) is 2.10. The fourth-order valence-corrected chi connectivity index (χ4v) is 2.83. The molecule has 1 aliphatic rings. The van der Waals surface area contributed by atoms with E-state index in [-0.39, 0.29) is 10.7 Å². The summed E-state index contributed by atoms with van der Waals surface area (Å²) in [5.74, 6) is 0. The molecule has 1 fully saturated rings. The molecule has 0 unspecified atom stereocenters. The zero-order valence-corrected chi connectivity index (χ0v) is 8.37. The van der Waals surface area contributed by atoms with Gasteiger partial charge in [-0.15, -0.1) is 11.3 Å². The van der Waals surface area contributed by atoms with Crippen LogP contribution in [0.1, 0.15) is 37.7 Å². The van der Waals surface area contributed by atoms with Crippen LogP contribution in [-0.4, -0.2) is 0 Å².